The molecule has 0 bridgehead atoms. The van der Waals surface area contributed by atoms with Crippen LogP contribution in [0.5, 0.6) is 0 Å². The summed E-state index contributed by atoms with van der Waals surface area (Å²) in [5, 5.41) is 6.14. The topological polar surface area (TPSA) is 87.5 Å². The number of hydrogen-bond donors (Lipinski definition) is 3. The number of anilines is 1. The molecular weight excluding hydrogens is 280 g/mol. The van der Waals surface area contributed by atoms with E-state index >= 15 is 0 Å². The fraction of sp³-hybridized carbons (Fsp3) is 0.500. The van der Waals surface area contributed by atoms with Gasteiger partial charge in [-0.25, -0.2) is 0 Å². The Hall–Kier alpha value is -1.92. The van der Waals surface area contributed by atoms with Crippen LogP contribution in [0.2, 0.25) is 0 Å². The second kappa shape index (κ2) is 7.91. The smallest absolute Gasteiger partial charge is 0.248 e. The molecule has 6 nitrogen and oxygen atoms in total. The Labute approximate surface area is 131 Å². The number of hydrogen-bond acceptors (Lipinski definition) is 4. The van der Waals surface area contributed by atoms with Gasteiger partial charge in [-0.3, -0.25) is 9.59 Å². The highest BCUT2D eigenvalue weighted by Crippen LogP contribution is 2.12. The number of amides is 2. The molecule has 6 heteroatoms. The second-order valence-electron chi connectivity index (χ2n) is 5.67. The molecule has 0 radical (unpaired) electrons. The van der Waals surface area contributed by atoms with E-state index in [1.807, 2.05) is 7.05 Å². The number of nitrogens with zero attached hydrogens (tertiary/aromatic N) is 1. The van der Waals surface area contributed by atoms with Crippen LogP contribution < -0.4 is 16.4 Å². The number of nitrogens with one attached hydrogen (secondary N) is 2. The summed E-state index contributed by atoms with van der Waals surface area (Å²) in [5.74, 6) is -0.486. The van der Waals surface area contributed by atoms with Crippen LogP contribution in [0, 0.1) is 0 Å². The summed E-state index contributed by atoms with van der Waals surface area (Å²) in [7, 11) is 1.98. The van der Waals surface area contributed by atoms with Gasteiger partial charge in [-0.05, 0) is 50.7 Å². The van der Waals surface area contributed by atoms with Crippen LogP contribution in [0.3, 0.4) is 0 Å². The van der Waals surface area contributed by atoms with E-state index in [1.165, 1.54) is 12.8 Å². The number of carbonyl (C=O) groups is 2. The van der Waals surface area contributed by atoms with E-state index in [0.29, 0.717) is 23.7 Å². The van der Waals surface area contributed by atoms with Crippen LogP contribution in [0.15, 0.2) is 24.3 Å². The van der Waals surface area contributed by atoms with Gasteiger partial charge in [0, 0.05) is 36.8 Å². The number of rotatable bonds is 6. The lowest BCUT2D eigenvalue weighted by Gasteiger charge is -2.32. The van der Waals surface area contributed by atoms with Gasteiger partial charge in [0.15, 0.2) is 0 Å². The average Bonchev–Trinajstić information content (AvgIpc) is 2.53. The van der Waals surface area contributed by atoms with Gasteiger partial charge in [-0.1, -0.05) is 0 Å². The Morgan fingerprint density at radius 2 is 2.05 bits per heavy atom. The summed E-state index contributed by atoms with van der Waals surface area (Å²) in [4.78, 5) is 25.3. The highest BCUT2D eigenvalue weighted by atomic mass is 16.2. The number of benzene rings is 1. The first-order valence-corrected chi connectivity index (χ1v) is 7.68. The summed E-state index contributed by atoms with van der Waals surface area (Å²) in [5.41, 5.74) is 6.30. The van der Waals surface area contributed by atoms with Crippen LogP contribution in [0.4, 0.5) is 5.69 Å². The second-order valence-corrected chi connectivity index (χ2v) is 5.67. The lowest BCUT2D eigenvalue weighted by Crippen LogP contribution is -2.45. The molecule has 0 aliphatic carbocycles. The monoisotopic (exact) mass is 304 g/mol. The summed E-state index contributed by atoms with van der Waals surface area (Å²) >= 11 is 0. The van der Waals surface area contributed by atoms with Crippen molar-refractivity contribution < 1.29 is 9.59 Å². The van der Waals surface area contributed by atoms with Crippen molar-refractivity contribution >= 4 is 17.5 Å². The zero-order chi connectivity index (χ0) is 15.9. The molecule has 1 aliphatic rings. The molecule has 1 heterocycles. The number of nitrogens with two attached hydrogens (primary N) is 1. The van der Waals surface area contributed by atoms with Crippen molar-refractivity contribution in [2.75, 3.05) is 32.0 Å². The van der Waals surface area contributed by atoms with Crippen molar-refractivity contribution in [3.05, 3.63) is 29.8 Å². The van der Waals surface area contributed by atoms with Gasteiger partial charge in [-0.15, -0.1) is 0 Å². The molecule has 1 unspecified atom stereocenters. The number of likely N-dealkylation sites (N-methyl/N-ethyl adjacent to an activating group) is 1. The van der Waals surface area contributed by atoms with E-state index in [-0.39, 0.29) is 5.91 Å². The van der Waals surface area contributed by atoms with Crippen molar-refractivity contribution in [1.82, 2.24) is 10.2 Å². The number of likely N-dealkylation sites (tertiary alicyclic amines) is 1. The Morgan fingerprint density at radius 1 is 1.32 bits per heavy atom. The predicted octanol–water partition coefficient (Wildman–Crippen LogP) is 0.798. The fourth-order valence-electron chi connectivity index (χ4n) is 2.70. The summed E-state index contributed by atoms with van der Waals surface area (Å²) in [6.07, 6.45) is 2.83. The molecule has 1 aromatic rings. The van der Waals surface area contributed by atoms with E-state index in [0.717, 1.165) is 19.6 Å². The molecule has 1 atom stereocenters. The molecule has 22 heavy (non-hydrogen) atoms. The van der Waals surface area contributed by atoms with Crippen molar-refractivity contribution in [3.63, 3.8) is 0 Å². The van der Waals surface area contributed by atoms with Crippen LogP contribution in [-0.4, -0.2) is 49.4 Å². The number of piperidine rings is 1. The Balaban J connectivity index is 1.76. The summed E-state index contributed by atoms with van der Waals surface area (Å²) in [6.45, 7) is 2.82. The van der Waals surface area contributed by atoms with Crippen molar-refractivity contribution in [1.29, 1.82) is 0 Å². The standard InChI is InChI=1S/C16H24N4O2/c1-18-14-3-2-9-20(11-14)10-8-15(21)19-13-6-4-12(5-7-13)16(17)22/h4-7,14,18H,2-3,8-11H2,1H3,(H2,17,22)(H,19,21). The zero-order valence-electron chi connectivity index (χ0n) is 13.0. The van der Waals surface area contributed by atoms with Gasteiger partial charge in [-0.2, -0.15) is 0 Å². The Bertz CT molecular complexity index is 515. The van der Waals surface area contributed by atoms with E-state index in [4.69, 9.17) is 5.73 Å². The van der Waals surface area contributed by atoms with Gasteiger partial charge in [0.2, 0.25) is 11.8 Å². The first-order valence-electron chi connectivity index (χ1n) is 7.68. The first-order chi connectivity index (χ1) is 10.6. The molecule has 1 fully saturated rings. The molecular formula is C16H24N4O2. The molecule has 0 spiro atoms. The molecule has 4 N–H and O–H groups in total. The largest absolute Gasteiger partial charge is 0.366 e. The molecule has 1 aromatic carbocycles. The van der Waals surface area contributed by atoms with Crippen LogP contribution in [-0.2, 0) is 4.79 Å². The molecule has 1 saturated heterocycles. The minimum Gasteiger partial charge on any atom is -0.366 e. The summed E-state index contributed by atoms with van der Waals surface area (Å²) < 4.78 is 0. The van der Waals surface area contributed by atoms with E-state index in [2.05, 4.69) is 15.5 Å². The molecule has 0 aromatic heterocycles. The maximum absolute atomic E-state index is 12.0. The van der Waals surface area contributed by atoms with Gasteiger partial charge >= 0.3 is 0 Å². The molecule has 2 rings (SSSR count). The zero-order valence-corrected chi connectivity index (χ0v) is 13.0. The third-order valence-electron chi connectivity index (χ3n) is 4.02. The van der Waals surface area contributed by atoms with Crippen LogP contribution in [0.25, 0.3) is 0 Å². The van der Waals surface area contributed by atoms with E-state index < -0.39 is 5.91 Å². The SMILES string of the molecule is CNC1CCCN(CCC(=O)Nc2ccc(C(N)=O)cc2)C1. The van der Waals surface area contributed by atoms with Gasteiger partial charge in [0.25, 0.3) is 0 Å². The van der Waals surface area contributed by atoms with E-state index in [1.54, 1.807) is 24.3 Å². The van der Waals surface area contributed by atoms with Crippen LogP contribution in [0.1, 0.15) is 29.6 Å². The minimum absolute atomic E-state index is 0.0154. The Morgan fingerprint density at radius 3 is 2.68 bits per heavy atom. The molecule has 120 valence electrons. The highest BCUT2D eigenvalue weighted by molar-refractivity contribution is 5.94. The average molecular weight is 304 g/mol. The third-order valence-corrected chi connectivity index (χ3v) is 4.02. The first kappa shape index (κ1) is 16.5. The summed E-state index contributed by atoms with van der Waals surface area (Å²) in [6, 6.07) is 7.13. The maximum Gasteiger partial charge on any atom is 0.248 e. The van der Waals surface area contributed by atoms with Crippen molar-refractivity contribution in [3.8, 4) is 0 Å². The molecule has 2 amide bonds. The predicted molar refractivity (Wildman–Crippen MR) is 86.7 cm³/mol. The van der Waals surface area contributed by atoms with Crippen molar-refractivity contribution in [2.24, 2.45) is 5.73 Å². The fourth-order valence-corrected chi connectivity index (χ4v) is 2.70. The molecule has 1 aliphatic heterocycles. The number of primary amides is 1. The lowest BCUT2D eigenvalue weighted by molar-refractivity contribution is -0.116. The van der Waals surface area contributed by atoms with Crippen LogP contribution >= 0.6 is 0 Å². The maximum atomic E-state index is 12.0. The van der Waals surface area contributed by atoms with Gasteiger partial charge in [0.1, 0.15) is 0 Å². The number of carbonyl (C=O) groups excluding carboxylic acids is 2. The Kier molecular flexibility index (Phi) is 5.91. The van der Waals surface area contributed by atoms with Crippen molar-refractivity contribution in [2.45, 2.75) is 25.3 Å². The van der Waals surface area contributed by atoms with Gasteiger partial charge in [0.05, 0.1) is 0 Å². The van der Waals surface area contributed by atoms with Gasteiger partial charge < -0.3 is 21.3 Å². The highest BCUT2D eigenvalue weighted by Gasteiger charge is 2.18. The third kappa shape index (κ3) is 4.82. The quantitative estimate of drug-likeness (QED) is 0.725. The lowest BCUT2D eigenvalue weighted by atomic mass is 10.1. The normalized spacial score (nSPS) is 18.9. The van der Waals surface area contributed by atoms with E-state index in [9.17, 15) is 9.59 Å². The minimum atomic E-state index is -0.470. The molecule has 0 saturated carbocycles.